The van der Waals surface area contributed by atoms with Crippen LogP contribution in [0.4, 0.5) is 13.2 Å². The summed E-state index contributed by atoms with van der Waals surface area (Å²) in [7, 11) is 4.61. The van der Waals surface area contributed by atoms with Gasteiger partial charge in [0.05, 0.1) is 27.3 Å². The molecule has 59 heavy (non-hydrogen) atoms. The lowest BCUT2D eigenvalue weighted by molar-refractivity contribution is -0.137. The number of carbonyl (C=O) groups excluding carboxylic acids is 7. The first kappa shape index (κ1) is 46.8. The minimum absolute atomic E-state index is 0.0127. The minimum Gasteiger partial charge on any atom is -0.366 e. The van der Waals surface area contributed by atoms with Gasteiger partial charge in [-0.25, -0.2) is 15.9 Å². The Morgan fingerprint density at radius 1 is 0.695 bits per heavy atom. The highest BCUT2D eigenvalue weighted by Crippen LogP contribution is 2.29. The van der Waals surface area contributed by atoms with E-state index in [0.29, 0.717) is 22.7 Å². The zero-order chi connectivity index (χ0) is 44.5. The van der Waals surface area contributed by atoms with Gasteiger partial charge in [-0.15, -0.1) is 0 Å². The number of alkyl halides is 3. The van der Waals surface area contributed by atoms with Crippen molar-refractivity contribution >= 4 is 53.0 Å². The standard InChI is InChI=1S/C23H26F3N3O3.C18H17ClN4O4/c1-14(2)29(21(31)16-9-11-18(12-10-16)23(24,25)26)28(6)20(30)17-8-7-15(3)19(13-17)22(32)27(4)5;1-2-22-16(25)10-7-8-13(14(19)9-10)18(27)23(21)17(26)12-6-4-3-5-11(12)15(20)24/h7-14H,1-6H3;3-9H,2,21H2,1H3,(H2,20,24)(H,22,25). The minimum atomic E-state index is -4.51. The molecule has 0 aliphatic rings. The number of hydrogen-bond donors (Lipinski definition) is 3. The van der Waals surface area contributed by atoms with Gasteiger partial charge in [-0.2, -0.15) is 13.2 Å². The van der Waals surface area contributed by atoms with Gasteiger partial charge in [0.25, 0.3) is 35.4 Å². The third-order valence-electron chi connectivity index (χ3n) is 8.55. The number of nitrogens with zero attached hydrogens (tertiary/aromatic N) is 4. The van der Waals surface area contributed by atoms with Crippen LogP contribution in [0.25, 0.3) is 0 Å². The SMILES string of the molecule is CCNC(=O)c1ccc(C(=O)N(N)C(=O)c2ccccc2C(N)=O)c(Cl)c1.Cc1ccc(C(=O)N(C)N(C(=O)c2ccc(C(F)(F)F)cc2)C(C)C)cc1C(=O)N(C)C. The molecule has 0 atom stereocenters. The number of nitrogens with one attached hydrogen (secondary N) is 1. The van der Waals surface area contributed by atoms with E-state index in [0.717, 1.165) is 34.3 Å². The van der Waals surface area contributed by atoms with Crippen molar-refractivity contribution in [2.45, 2.75) is 39.9 Å². The van der Waals surface area contributed by atoms with Crippen molar-refractivity contribution in [1.29, 1.82) is 0 Å². The van der Waals surface area contributed by atoms with Gasteiger partial charge in [0.1, 0.15) is 0 Å². The first-order valence-corrected chi connectivity index (χ1v) is 18.1. The molecule has 0 radical (unpaired) electrons. The largest absolute Gasteiger partial charge is 0.416 e. The molecule has 0 unspecified atom stereocenters. The number of primary amides is 1. The summed E-state index contributed by atoms with van der Waals surface area (Å²) in [4.78, 5) is 88.3. The van der Waals surface area contributed by atoms with Crippen molar-refractivity contribution in [3.8, 4) is 0 Å². The number of imide groups is 1. The van der Waals surface area contributed by atoms with Gasteiger partial charge < -0.3 is 16.0 Å². The number of amides is 7. The highest BCUT2D eigenvalue weighted by Gasteiger charge is 2.32. The normalized spacial score (nSPS) is 10.8. The number of benzene rings is 4. The Kier molecular flexibility index (Phi) is 15.6. The van der Waals surface area contributed by atoms with Crippen LogP contribution in [0.15, 0.2) is 84.9 Å². The van der Waals surface area contributed by atoms with Crippen LogP contribution < -0.4 is 16.9 Å². The van der Waals surface area contributed by atoms with Gasteiger partial charge in [-0.05, 0) is 100.0 Å². The van der Waals surface area contributed by atoms with Crippen LogP contribution in [0, 0.1) is 6.92 Å². The molecule has 4 aromatic rings. The van der Waals surface area contributed by atoms with E-state index in [4.69, 9.17) is 23.2 Å². The van der Waals surface area contributed by atoms with Gasteiger partial charge in [0.2, 0.25) is 5.91 Å². The summed E-state index contributed by atoms with van der Waals surface area (Å²) in [6.45, 7) is 7.31. The Balaban J connectivity index is 0.000000320. The Hall–Kier alpha value is -6.59. The summed E-state index contributed by atoms with van der Waals surface area (Å²) in [6.07, 6.45) is -4.51. The van der Waals surface area contributed by atoms with Crippen molar-refractivity contribution in [2.24, 2.45) is 11.6 Å². The summed E-state index contributed by atoms with van der Waals surface area (Å²) < 4.78 is 38.5. The van der Waals surface area contributed by atoms with E-state index in [1.54, 1.807) is 53.9 Å². The lowest BCUT2D eigenvalue weighted by Crippen LogP contribution is -2.51. The van der Waals surface area contributed by atoms with Gasteiger partial charge in [0.15, 0.2) is 0 Å². The van der Waals surface area contributed by atoms with E-state index < -0.39 is 47.3 Å². The summed E-state index contributed by atoms with van der Waals surface area (Å²) in [5.74, 6) is 1.23. The number of aryl methyl sites for hydroxylation is 1. The fourth-order valence-corrected chi connectivity index (χ4v) is 5.75. The number of carbonyl (C=O) groups is 7. The topological polar surface area (TPSA) is 197 Å². The maximum absolute atomic E-state index is 13.1. The average Bonchev–Trinajstić information content (AvgIpc) is 3.19. The third kappa shape index (κ3) is 11.3. The highest BCUT2D eigenvalue weighted by atomic mass is 35.5. The van der Waals surface area contributed by atoms with Crippen LogP contribution in [0.1, 0.15) is 104 Å². The number of rotatable bonds is 9. The molecule has 5 N–H and O–H groups in total. The Bertz CT molecular complexity index is 2260. The second-order valence-electron chi connectivity index (χ2n) is 13.3. The predicted molar refractivity (Wildman–Crippen MR) is 213 cm³/mol. The van der Waals surface area contributed by atoms with Crippen LogP contribution in [-0.2, 0) is 6.18 Å². The van der Waals surface area contributed by atoms with Crippen molar-refractivity contribution < 1.29 is 46.7 Å². The maximum atomic E-state index is 13.1. The van der Waals surface area contributed by atoms with E-state index in [1.807, 2.05) is 0 Å². The Labute approximate surface area is 343 Å². The second-order valence-corrected chi connectivity index (χ2v) is 13.7. The molecule has 0 heterocycles. The van der Waals surface area contributed by atoms with E-state index in [2.05, 4.69) is 5.32 Å². The fraction of sp³-hybridized carbons (Fsp3) is 0.244. The third-order valence-corrected chi connectivity index (χ3v) is 8.87. The molecule has 0 aliphatic carbocycles. The zero-order valence-corrected chi connectivity index (χ0v) is 33.9. The van der Waals surface area contributed by atoms with Crippen molar-refractivity contribution in [2.75, 3.05) is 27.7 Å². The monoisotopic (exact) mass is 837 g/mol. The van der Waals surface area contributed by atoms with Gasteiger partial charge in [-0.3, -0.25) is 38.6 Å². The molecule has 0 saturated heterocycles. The first-order valence-electron chi connectivity index (χ1n) is 17.7. The second kappa shape index (κ2) is 19.7. The van der Waals surface area contributed by atoms with Crippen LogP contribution in [0.2, 0.25) is 5.02 Å². The molecule has 0 aromatic heterocycles. The number of halogens is 4. The smallest absolute Gasteiger partial charge is 0.366 e. The molecular formula is C41H43ClF3N7O7. The van der Waals surface area contributed by atoms with E-state index >= 15 is 0 Å². The van der Waals surface area contributed by atoms with E-state index in [-0.39, 0.29) is 50.2 Å². The molecular weight excluding hydrogens is 795 g/mol. The van der Waals surface area contributed by atoms with Gasteiger partial charge in [0, 0.05) is 56.0 Å². The fourth-order valence-electron chi connectivity index (χ4n) is 5.49. The highest BCUT2D eigenvalue weighted by molar-refractivity contribution is 6.34. The van der Waals surface area contributed by atoms with Crippen molar-refractivity contribution in [3.63, 3.8) is 0 Å². The molecule has 0 fully saturated rings. The molecule has 312 valence electrons. The average molecular weight is 838 g/mol. The molecule has 7 amide bonds. The maximum Gasteiger partial charge on any atom is 0.416 e. The van der Waals surface area contributed by atoms with Crippen molar-refractivity contribution in [1.82, 2.24) is 25.2 Å². The quantitative estimate of drug-likeness (QED) is 0.0839. The lowest BCUT2D eigenvalue weighted by atomic mass is 10.0. The summed E-state index contributed by atoms with van der Waals surface area (Å²) in [5, 5.41) is 5.17. The van der Waals surface area contributed by atoms with Crippen LogP contribution in [0.5, 0.6) is 0 Å². The molecule has 0 saturated carbocycles. The lowest BCUT2D eigenvalue weighted by Gasteiger charge is -2.35. The van der Waals surface area contributed by atoms with Gasteiger partial charge in [-0.1, -0.05) is 29.8 Å². The zero-order valence-electron chi connectivity index (χ0n) is 33.2. The number of nitrogens with two attached hydrogens (primary N) is 2. The molecule has 0 aliphatic heterocycles. The summed E-state index contributed by atoms with van der Waals surface area (Å²) in [5.41, 5.74) is 5.65. The van der Waals surface area contributed by atoms with E-state index in [1.165, 1.54) is 60.5 Å². The summed E-state index contributed by atoms with van der Waals surface area (Å²) >= 11 is 6.08. The molecule has 4 aromatic carbocycles. The molecule has 18 heteroatoms. The molecule has 0 spiro atoms. The van der Waals surface area contributed by atoms with Crippen LogP contribution >= 0.6 is 11.6 Å². The number of hydrazine groups is 2. The van der Waals surface area contributed by atoms with Crippen LogP contribution in [0.3, 0.4) is 0 Å². The molecule has 0 bridgehead atoms. The Morgan fingerprint density at radius 2 is 1.24 bits per heavy atom. The van der Waals surface area contributed by atoms with E-state index in [9.17, 15) is 46.7 Å². The first-order chi connectivity index (χ1) is 27.5. The molecule has 4 rings (SSSR count). The summed E-state index contributed by atoms with van der Waals surface area (Å²) in [6, 6.07) is 17.7. The Morgan fingerprint density at radius 3 is 1.75 bits per heavy atom. The predicted octanol–water partition coefficient (Wildman–Crippen LogP) is 5.60. The van der Waals surface area contributed by atoms with Crippen molar-refractivity contribution in [3.05, 3.63) is 140 Å². The molecule has 14 nitrogen and oxygen atoms in total. The van der Waals surface area contributed by atoms with Gasteiger partial charge >= 0.3 is 6.18 Å². The van der Waals surface area contributed by atoms with Crippen LogP contribution in [-0.4, -0.2) is 95.0 Å². The number of hydrogen-bond acceptors (Lipinski definition) is 8.